The van der Waals surface area contributed by atoms with E-state index in [9.17, 15) is 5.11 Å². The average molecular weight is 384 g/mol. The fourth-order valence-corrected chi connectivity index (χ4v) is 2.42. The van der Waals surface area contributed by atoms with Crippen LogP contribution < -0.4 is 5.32 Å². The number of aliphatic hydroxyl groups excluding tert-OH is 1. The highest BCUT2D eigenvalue weighted by Gasteiger charge is 2.06. The largest absolute Gasteiger partial charge is 0.389 e. The van der Waals surface area contributed by atoms with Crippen molar-refractivity contribution in [3.8, 4) is 0 Å². The SMILES string of the molecule is CC(C)COCC(O)CNc1ccc(Cl)cc1I. The molecule has 5 heteroatoms. The van der Waals surface area contributed by atoms with E-state index in [1.54, 1.807) is 0 Å². The van der Waals surface area contributed by atoms with Crippen molar-refractivity contribution in [2.24, 2.45) is 5.92 Å². The Morgan fingerprint density at radius 3 is 2.72 bits per heavy atom. The molecule has 2 N–H and O–H groups in total. The quantitative estimate of drug-likeness (QED) is 0.709. The number of rotatable bonds is 7. The van der Waals surface area contributed by atoms with Crippen molar-refractivity contribution in [2.75, 3.05) is 25.1 Å². The third kappa shape index (κ3) is 6.22. The van der Waals surface area contributed by atoms with Gasteiger partial charge in [-0.15, -0.1) is 0 Å². The zero-order valence-electron chi connectivity index (χ0n) is 10.6. The maximum atomic E-state index is 9.75. The van der Waals surface area contributed by atoms with Gasteiger partial charge < -0.3 is 15.2 Å². The van der Waals surface area contributed by atoms with Gasteiger partial charge in [0, 0.05) is 27.4 Å². The molecular formula is C13H19ClINO2. The van der Waals surface area contributed by atoms with E-state index in [1.807, 2.05) is 18.2 Å². The van der Waals surface area contributed by atoms with Crippen LogP contribution >= 0.6 is 34.2 Å². The van der Waals surface area contributed by atoms with E-state index >= 15 is 0 Å². The van der Waals surface area contributed by atoms with Gasteiger partial charge in [0.25, 0.3) is 0 Å². The summed E-state index contributed by atoms with van der Waals surface area (Å²) in [7, 11) is 0. The second-order valence-electron chi connectivity index (χ2n) is 4.59. The van der Waals surface area contributed by atoms with Crippen molar-refractivity contribution in [3.63, 3.8) is 0 Å². The number of anilines is 1. The van der Waals surface area contributed by atoms with Crippen LogP contribution in [0.4, 0.5) is 5.69 Å². The molecule has 0 fully saturated rings. The number of halogens is 2. The topological polar surface area (TPSA) is 41.5 Å². The van der Waals surface area contributed by atoms with E-state index in [2.05, 4.69) is 41.8 Å². The second kappa shape index (κ2) is 8.19. The minimum Gasteiger partial charge on any atom is -0.389 e. The molecule has 1 rings (SSSR count). The molecule has 0 radical (unpaired) electrons. The number of hydrogen-bond donors (Lipinski definition) is 2. The summed E-state index contributed by atoms with van der Waals surface area (Å²) in [6, 6.07) is 5.62. The lowest BCUT2D eigenvalue weighted by Gasteiger charge is -2.15. The molecular weight excluding hydrogens is 365 g/mol. The molecule has 1 aromatic carbocycles. The highest BCUT2D eigenvalue weighted by Crippen LogP contribution is 2.22. The maximum Gasteiger partial charge on any atom is 0.0945 e. The van der Waals surface area contributed by atoms with Crippen LogP contribution in [0.5, 0.6) is 0 Å². The van der Waals surface area contributed by atoms with Crippen molar-refractivity contribution >= 4 is 39.9 Å². The van der Waals surface area contributed by atoms with Crippen LogP contribution in [0.2, 0.25) is 5.02 Å². The summed E-state index contributed by atoms with van der Waals surface area (Å²) < 4.78 is 6.42. The number of aliphatic hydroxyl groups is 1. The lowest BCUT2D eigenvalue weighted by molar-refractivity contribution is 0.0318. The van der Waals surface area contributed by atoms with E-state index in [4.69, 9.17) is 16.3 Å². The van der Waals surface area contributed by atoms with Gasteiger partial charge in [-0.05, 0) is 46.7 Å². The van der Waals surface area contributed by atoms with Crippen LogP contribution in [0.3, 0.4) is 0 Å². The Balaban J connectivity index is 2.31. The summed E-state index contributed by atoms with van der Waals surface area (Å²) in [6.07, 6.45) is -0.504. The van der Waals surface area contributed by atoms with Crippen LogP contribution in [0.25, 0.3) is 0 Å². The first-order chi connectivity index (χ1) is 8.49. The Bertz CT molecular complexity index is 374. The lowest BCUT2D eigenvalue weighted by Crippen LogP contribution is -2.25. The van der Waals surface area contributed by atoms with E-state index < -0.39 is 6.10 Å². The second-order valence-corrected chi connectivity index (χ2v) is 6.19. The first kappa shape index (κ1) is 16.0. The summed E-state index contributed by atoms with van der Waals surface area (Å²) >= 11 is 8.09. The maximum absolute atomic E-state index is 9.75. The molecule has 1 unspecified atom stereocenters. The van der Waals surface area contributed by atoms with E-state index in [0.29, 0.717) is 30.7 Å². The molecule has 0 saturated carbocycles. The van der Waals surface area contributed by atoms with Crippen molar-refractivity contribution < 1.29 is 9.84 Å². The van der Waals surface area contributed by atoms with E-state index in [-0.39, 0.29) is 0 Å². The average Bonchev–Trinajstić information content (AvgIpc) is 2.27. The van der Waals surface area contributed by atoms with Gasteiger partial charge in [0.1, 0.15) is 0 Å². The van der Waals surface area contributed by atoms with Crippen molar-refractivity contribution in [2.45, 2.75) is 20.0 Å². The van der Waals surface area contributed by atoms with Gasteiger partial charge in [-0.25, -0.2) is 0 Å². The minimum atomic E-state index is -0.504. The predicted octanol–water partition coefficient (Wildman–Crippen LogP) is 3.39. The Labute approximate surface area is 127 Å². The molecule has 0 aliphatic rings. The molecule has 0 aliphatic carbocycles. The molecule has 0 amide bonds. The van der Waals surface area contributed by atoms with Gasteiger partial charge in [-0.2, -0.15) is 0 Å². The van der Waals surface area contributed by atoms with Crippen molar-refractivity contribution in [3.05, 3.63) is 26.8 Å². The number of benzene rings is 1. The third-order valence-electron chi connectivity index (χ3n) is 2.22. The summed E-state index contributed by atoms with van der Waals surface area (Å²) in [5.74, 6) is 0.488. The zero-order chi connectivity index (χ0) is 13.5. The van der Waals surface area contributed by atoms with E-state index in [0.717, 1.165) is 9.26 Å². The molecule has 0 spiro atoms. The molecule has 0 aromatic heterocycles. The molecule has 0 aliphatic heterocycles. The van der Waals surface area contributed by atoms with Gasteiger partial charge in [-0.3, -0.25) is 0 Å². The lowest BCUT2D eigenvalue weighted by atomic mass is 10.2. The molecule has 3 nitrogen and oxygen atoms in total. The van der Waals surface area contributed by atoms with Gasteiger partial charge in [0.2, 0.25) is 0 Å². The fourth-order valence-electron chi connectivity index (χ4n) is 1.36. The zero-order valence-corrected chi connectivity index (χ0v) is 13.5. The third-order valence-corrected chi connectivity index (χ3v) is 3.35. The number of hydrogen-bond acceptors (Lipinski definition) is 3. The first-order valence-electron chi connectivity index (χ1n) is 5.93. The van der Waals surface area contributed by atoms with E-state index in [1.165, 1.54) is 0 Å². The van der Waals surface area contributed by atoms with Gasteiger partial charge >= 0.3 is 0 Å². The highest BCUT2D eigenvalue weighted by atomic mass is 127. The van der Waals surface area contributed by atoms with Crippen LogP contribution in [0.1, 0.15) is 13.8 Å². The van der Waals surface area contributed by atoms with Crippen LogP contribution in [-0.4, -0.2) is 31.0 Å². The van der Waals surface area contributed by atoms with Crippen LogP contribution in [-0.2, 0) is 4.74 Å². The van der Waals surface area contributed by atoms with Gasteiger partial charge in [0.15, 0.2) is 0 Å². The summed E-state index contributed by atoms with van der Waals surface area (Å²) in [5.41, 5.74) is 0.975. The minimum absolute atomic E-state index is 0.356. The van der Waals surface area contributed by atoms with Crippen LogP contribution in [0, 0.1) is 9.49 Å². The molecule has 0 heterocycles. The Hall–Kier alpha value is -0.0400. The molecule has 18 heavy (non-hydrogen) atoms. The summed E-state index contributed by atoms with van der Waals surface area (Å²) in [6.45, 7) is 5.67. The van der Waals surface area contributed by atoms with Crippen molar-refractivity contribution in [1.82, 2.24) is 0 Å². The summed E-state index contributed by atoms with van der Waals surface area (Å²) in [4.78, 5) is 0. The predicted molar refractivity (Wildman–Crippen MR) is 84.3 cm³/mol. The highest BCUT2D eigenvalue weighted by molar-refractivity contribution is 14.1. The standard InChI is InChI=1S/C13H19ClINO2/c1-9(2)7-18-8-11(17)6-16-13-4-3-10(14)5-12(13)15/h3-5,9,11,16-17H,6-8H2,1-2H3. The monoisotopic (exact) mass is 383 g/mol. The molecule has 1 aromatic rings. The summed E-state index contributed by atoms with van der Waals surface area (Å²) in [5, 5.41) is 13.6. The number of nitrogens with one attached hydrogen (secondary N) is 1. The number of ether oxygens (including phenoxy) is 1. The Kier molecular flexibility index (Phi) is 7.29. The smallest absolute Gasteiger partial charge is 0.0945 e. The van der Waals surface area contributed by atoms with Gasteiger partial charge in [0.05, 0.1) is 12.7 Å². The Morgan fingerprint density at radius 1 is 1.39 bits per heavy atom. The first-order valence-corrected chi connectivity index (χ1v) is 7.39. The van der Waals surface area contributed by atoms with Gasteiger partial charge in [-0.1, -0.05) is 25.4 Å². The fraction of sp³-hybridized carbons (Fsp3) is 0.538. The van der Waals surface area contributed by atoms with Crippen molar-refractivity contribution in [1.29, 1.82) is 0 Å². The molecule has 102 valence electrons. The molecule has 0 bridgehead atoms. The Morgan fingerprint density at radius 2 is 2.11 bits per heavy atom. The normalized spacial score (nSPS) is 12.8. The molecule has 0 saturated heterocycles. The van der Waals surface area contributed by atoms with Crippen LogP contribution in [0.15, 0.2) is 18.2 Å². The molecule has 1 atom stereocenters.